The molecule has 7 nitrogen and oxygen atoms in total. The maximum Gasteiger partial charge on any atom is 0.266 e. The highest BCUT2D eigenvalue weighted by Crippen LogP contribution is 1.97. The summed E-state index contributed by atoms with van der Waals surface area (Å²) in [6.45, 7) is 1.45. The van der Waals surface area contributed by atoms with Crippen LogP contribution < -0.4 is 16.2 Å². The molecule has 0 aliphatic carbocycles. The van der Waals surface area contributed by atoms with Crippen molar-refractivity contribution < 1.29 is 9.53 Å². The van der Waals surface area contributed by atoms with Gasteiger partial charge in [0.1, 0.15) is 0 Å². The molecule has 0 saturated carbocycles. The summed E-state index contributed by atoms with van der Waals surface area (Å²) in [6, 6.07) is 1.38. The maximum atomic E-state index is 11.3. The monoisotopic (exact) mass is 240 g/mol. The minimum atomic E-state index is -0.278. The van der Waals surface area contributed by atoms with Crippen molar-refractivity contribution in [2.24, 2.45) is 0 Å². The second kappa shape index (κ2) is 7.39. The normalized spacial score (nSPS) is 9.94. The number of anilines is 1. The molecule has 94 valence electrons. The lowest BCUT2D eigenvalue weighted by atomic mass is 10.3. The summed E-state index contributed by atoms with van der Waals surface area (Å²) in [5.74, 6) is -0.0626. The van der Waals surface area contributed by atoms with Crippen LogP contribution in [-0.2, 0) is 9.53 Å². The average molecular weight is 240 g/mol. The van der Waals surface area contributed by atoms with Crippen molar-refractivity contribution >= 4 is 11.6 Å². The summed E-state index contributed by atoms with van der Waals surface area (Å²) in [6.07, 6.45) is 1.82. The zero-order valence-electron chi connectivity index (χ0n) is 9.66. The van der Waals surface area contributed by atoms with Gasteiger partial charge in [-0.3, -0.25) is 9.59 Å². The third-order valence-electron chi connectivity index (χ3n) is 1.97. The largest absolute Gasteiger partial charge is 0.383 e. The molecule has 0 bridgehead atoms. The Morgan fingerprint density at radius 1 is 1.53 bits per heavy atom. The number of methoxy groups -OCH3 is 1. The number of amides is 1. The summed E-state index contributed by atoms with van der Waals surface area (Å²) in [4.78, 5) is 22.2. The summed E-state index contributed by atoms with van der Waals surface area (Å²) >= 11 is 0. The quantitative estimate of drug-likeness (QED) is 0.549. The predicted octanol–water partition coefficient (Wildman–Crippen LogP) is -0.665. The summed E-state index contributed by atoms with van der Waals surface area (Å²) in [5.41, 5.74) is 0.318. The third-order valence-corrected chi connectivity index (χ3v) is 1.97. The Morgan fingerprint density at radius 2 is 2.35 bits per heavy atom. The van der Waals surface area contributed by atoms with Crippen molar-refractivity contribution in [3.8, 4) is 0 Å². The van der Waals surface area contributed by atoms with Gasteiger partial charge in [0.25, 0.3) is 5.56 Å². The van der Waals surface area contributed by atoms with Crippen molar-refractivity contribution in [1.29, 1.82) is 0 Å². The molecular formula is C10H16N4O3. The van der Waals surface area contributed by atoms with Crippen LogP contribution in [0, 0.1) is 0 Å². The minimum absolute atomic E-state index is 0.0626. The number of hydrogen-bond acceptors (Lipinski definition) is 5. The van der Waals surface area contributed by atoms with Crippen LogP contribution in [0.1, 0.15) is 6.42 Å². The molecule has 0 radical (unpaired) electrons. The molecule has 0 atom stereocenters. The SMILES string of the molecule is COCCNC(=O)CCNc1cn[nH]c(=O)c1. The van der Waals surface area contributed by atoms with Gasteiger partial charge in [0, 0.05) is 32.7 Å². The van der Waals surface area contributed by atoms with Crippen LogP contribution in [0.15, 0.2) is 17.1 Å². The Hall–Kier alpha value is -1.89. The molecule has 0 spiro atoms. The number of carbonyl (C=O) groups is 1. The Bertz CT molecular complexity index is 405. The van der Waals surface area contributed by atoms with Crippen molar-refractivity contribution in [3.63, 3.8) is 0 Å². The Balaban J connectivity index is 2.19. The zero-order chi connectivity index (χ0) is 12.5. The Labute approximate surface area is 98.6 Å². The second-order valence-electron chi connectivity index (χ2n) is 3.35. The van der Waals surface area contributed by atoms with E-state index in [2.05, 4.69) is 20.8 Å². The molecule has 17 heavy (non-hydrogen) atoms. The molecule has 0 aliphatic heterocycles. The molecule has 1 aromatic heterocycles. The van der Waals surface area contributed by atoms with Crippen molar-refractivity contribution in [2.75, 3.05) is 32.1 Å². The highest BCUT2D eigenvalue weighted by atomic mass is 16.5. The number of nitrogens with one attached hydrogen (secondary N) is 3. The molecule has 1 aromatic rings. The molecule has 1 heterocycles. The van der Waals surface area contributed by atoms with E-state index in [1.807, 2.05) is 0 Å². The molecule has 7 heteroatoms. The van der Waals surface area contributed by atoms with Crippen LogP contribution in [0.5, 0.6) is 0 Å². The van der Waals surface area contributed by atoms with Gasteiger partial charge in [-0.2, -0.15) is 5.10 Å². The van der Waals surface area contributed by atoms with Gasteiger partial charge in [-0.1, -0.05) is 0 Å². The van der Waals surface area contributed by atoms with Gasteiger partial charge in [0.15, 0.2) is 0 Å². The molecule has 0 unspecified atom stereocenters. The Morgan fingerprint density at radius 3 is 3.06 bits per heavy atom. The van der Waals surface area contributed by atoms with E-state index in [0.717, 1.165) is 0 Å². The van der Waals surface area contributed by atoms with Crippen LogP contribution in [0.2, 0.25) is 0 Å². The number of nitrogens with zero attached hydrogens (tertiary/aromatic N) is 1. The van der Waals surface area contributed by atoms with E-state index < -0.39 is 0 Å². The molecule has 1 rings (SSSR count). The number of rotatable bonds is 7. The number of ether oxygens (including phenoxy) is 1. The van der Waals surface area contributed by atoms with E-state index >= 15 is 0 Å². The van der Waals surface area contributed by atoms with Crippen LogP contribution in [0.25, 0.3) is 0 Å². The fourth-order valence-corrected chi connectivity index (χ4v) is 1.17. The zero-order valence-corrected chi connectivity index (χ0v) is 9.66. The van der Waals surface area contributed by atoms with Crippen molar-refractivity contribution in [3.05, 3.63) is 22.6 Å². The lowest BCUT2D eigenvalue weighted by Crippen LogP contribution is -2.28. The summed E-state index contributed by atoms with van der Waals surface area (Å²) < 4.78 is 4.80. The number of hydrogen-bond donors (Lipinski definition) is 3. The molecule has 3 N–H and O–H groups in total. The Kier molecular flexibility index (Phi) is 5.73. The van der Waals surface area contributed by atoms with Gasteiger partial charge < -0.3 is 15.4 Å². The fourth-order valence-electron chi connectivity index (χ4n) is 1.17. The van der Waals surface area contributed by atoms with E-state index in [9.17, 15) is 9.59 Å². The van der Waals surface area contributed by atoms with E-state index in [4.69, 9.17) is 4.74 Å². The standard InChI is InChI=1S/C10H16N4O3/c1-17-5-4-12-9(15)2-3-11-8-6-10(16)14-13-7-8/h6-7H,2-5H2,1H3,(H,12,15)(H2,11,14,16). The highest BCUT2D eigenvalue weighted by molar-refractivity contribution is 5.76. The smallest absolute Gasteiger partial charge is 0.266 e. The van der Waals surface area contributed by atoms with E-state index in [1.54, 1.807) is 7.11 Å². The molecule has 0 fully saturated rings. The van der Waals surface area contributed by atoms with Gasteiger partial charge in [-0.15, -0.1) is 0 Å². The topological polar surface area (TPSA) is 96.1 Å². The van der Waals surface area contributed by atoms with Gasteiger partial charge >= 0.3 is 0 Å². The molecule has 0 saturated heterocycles. The predicted molar refractivity (Wildman–Crippen MR) is 62.9 cm³/mol. The highest BCUT2D eigenvalue weighted by Gasteiger charge is 2.00. The molecule has 0 aliphatic rings. The first-order valence-corrected chi connectivity index (χ1v) is 5.26. The first-order valence-electron chi connectivity index (χ1n) is 5.26. The van der Waals surface area contributed by atoms with E-state index in [0.29, 0.717) is 31.8 Å². The molecule has 1 amide bonds. The van der Waals surface area contributed by atoms with Gasteiger partial charge in [0.05, 0.1) is 18.5 Å². The first-order chi connectivity index (χ1) is 8.22. The van der Waals surface area contributed by atoms with E-state index in [-0.39, 0.29) is 11.5 Å². The van der Waals surface area contributed by atoms with Gasteiger partial charge in [-0.25, -0.2) is 5.10 Å². The number of aromatic amines is 1. The summed E-state index contributed by atoms with van der Waals surface area (Å²) in [7, 11) is 1.58. The van der Waals surface area contributed by atoms with Crippen LogP contribution in [0.3, 0.4) is 0 Å². The lowest BCUT2D eigenvalue weighted by molar-refractivity contribution is -0.121. The lowest BCUT2D eigenvalue weighted by Gasteiger charge is -2.06. The maximum absolute atomic E-state index is 11.3. The molecule has 0 aromatic carbocycles. The van der Waals surface area contributed by atoms with E-state index in [1.165, 1.54) is 12.3 Å². The van der Waals surface area contributed by atoms with Gasteiger partial charge in [-0.05, 0) is 0 Å². The fraction of sp³-hybridized carbons (Fsp3) is 0.500. The second-order valence-corrected chi connectivity index (χ2v) is 3.35. The van der Waals surface area contributed by atoms with Crippen molar-refractivity contribution in [2.45, 2.75) is 6.42 Å². The van der Waals surface area contributed by atoms with Crippen LogP contribution >= 0.6 is 0 Å². The van der Waals surface area contributed by atoms with Gasteiger partial charge in [0.2, 0.25) is 5.91 Å². The minimum Gasteiger partial charge on any atom is -0.383 e. The molecular weight excluding hydrogens is 224 g/mol. The number of H-pyrrole nitrogens is 1. The average Bonchev–Trinajstić information content (AvgIpc) is 2.29. The number of aromatic nitrogens is 2. The van der Waals surface area contributed by atoms with Crippen molar-refractivity contribution in [1.82, 2.24) is 15.5 Å². The number of carbonyl (C=O) groups excluding carboxylic acids is 1. The first kappa shape index (κ1) is 13.2. The van der Waals surface area contributed by atoms with Crippen LogP contribution in [-0.4, -0.2) is 42.9 Å². The van der Waals surface area contributed by atoms with Crippen LogP contribution in [0.4, 0.5) is 5.69 Å². The third kappa shape index (κ3) is 5.67. The summed E-state index contributed by atoms with van der Waals surface area (Å²) in [5, 5.41) is 11.5.